The van der Waals surface area contributed by atoms with Crippen LogP contribution in [-0.2, 0) is 25.5 Å². The Morgan fingerprint density at radius 3 is 2.16 bits per heavy atom. The van der Waals surface area contributed by atoms with Crippen molar-refractivity contribution >= 4 is 45.9 Å². The Morgan fingerprint density at radius 1 is 0.921 bits per heavy atom. The Labute approximate surface area is 224 Å². The van der Waals surface area contributed by atoms with E-state index in [1.54, 1.807) is 44.2 Å². The maximum absolute atomic E-state index is 12.9. The molecular formula is C28H28N2O7S. The number of carbonyl (C=O) groups excluding carboxylic acids is 5. The van der Waals surface area contributed by atoms with Crippen molar-refractivity contribution in [2.75, 3.05) is 18.5 Å². The first-order valence-electron chi connectivity index (χ1n) is 11.9. The number of hydrogen-bond donors (Lipinski definition) is 2. The molecule has 0 bridgehead atoms. The first-order chi connectivity index (χ1) is 18.2. The number of amides is 2. The summed E-state index contributed by atoms with van der Waals surface area (Å²) in [5.74, 6) is -2.91. The third-order valence-corrected chi connectivity index (χ3v) is 6.76. The predicted molar refractivity (Wildman–Crippen MR) is 142 cm³/mol. The van der Waals surface area contributed by atoms with Gasteiger partial charge >= 0.3 is 11.9 Å². The second-order valence-electron chi connectivity index (χ2n) is 8.27. The van der Waals surface area contributed by atoms with Gasteiger partial charge < -0.3 is 20.1 Å². The van der Waals surface area contributed by atoms with Crippen molar-refractivity contribution in [2.24, 2.45) is 0 Å². The van der Waals surface area contributed by atoms with E-state index >= 15 is 0 Å². The van der Waals surface area contributed by atoms with Crippen molar-refractivity contribution in [3.8, 4) is 0 Å². The van der Waals surface area contributed by atoms with Gasteiger partial charge in [-0.15, -0.1) is 11.3 Å². The lowest BCUT2D eigenvalue weighted by Gasteiger charge is -2.18. The molecule has 2 N–H and O–H groups in total. The molecule has 9 nitrogen and oxygen atoms in total. The van der Waals surface area contributed by atoms with E-state index in [0.717, 1.165) is 16.9 Å². The average Bonchev–Trinajstić information content (AvgIpc) is 3.23. The Bertz CT molecular complexity index is 1320. The van der Waals surface area contributed by atoms with Gasteiger partial charge in [-0.2, -0.15) is 0 Å². The maximum atomic E-state index is 12.9. The number of carbonyl (C=O) groups is 5. The van der Waals surface area contributed by atoms with E-state index in [9.17, 15) is 24.0 Å². The smallest absolute Gasteiger partial charge is 0.341 e. The number of nitrogens with one attached hydrogen (secondary N) is 2. The maximum Gasteiger partial charge on any atom is 0.341 e. The second kappa shape index (κ2) is 13.3. The summed E-state index contributed by atoms with van der Waals surface area (Å²) < 4.78 is 10.3. The lowest BCUT2D eigenvalue weighted by molar-refractivity contribution is -0.149. The van der Waals surface area contributed by atoms with Crippen LogP contribution >= 0.6 is 11.3 Å². The first-order valence-corrected chi connectivity index (χ1v) is 12.7. The normalized spacial score (nSPS) is 11.2. The molecule has 0 aliphatic carbocycles. The molecule has 0 unspecified atom stereocenters. The number of rotatable bonds is 11. The van der Waals surface area contributed by atoms with Crippen molar-refractivity contribution in [1.29, 1.82) is 0 Å². The topological polar surface area (TPSA) is 128 Å². The number of hydrogen-bond acceptors (Lipinski definition) is 8. The van der Waals surface area contributed by atoms with Crippen LogP contribution in [0.1, 0.15) is 55.4 Å². The molecule has 1 heterocycles. The van der Waals surface area contributed by atoms with E-state index in [1.165, 1.54) is 6.92 Å². The third kappa shape index (κ3) is 7.36. The van der Waals surface area contributed by atoms with Crippen LogP contribution in [0.2, 0.25) is 0 Å². The molecule has 10 heteroatoms. The monoisotopic (exact) mass is 536 g/mol. The summed E-state index contributed by atoms with van der Waals surface area (Å²) in [5, 5.41) is 5.34. The van der Waals surface area contributed by atoms with Crippen LogP contribution in [0.4, 0.5) is 5.00 Å². The molecule has 2 amide bonds. The summed E-state index contributed by atoms with van der Waals surface area (Å²) in [4.78, 5) is 63.0. The summed E-state index contributed by atoms with van der Waals surface area (Å²) in [5.41, 5.74) is 1.65. The van der Waals surface area contributed by atoms with E-state index in [-0.39, 0.29) is 29.4 Å². The highest BCUT2D eigenvalue weighted by Crippen LogP contribution is 2.34. The first kappa shape index (κ1) is 28.3. The fourth-order valence-electron chi connectivity index (χ4n) is 3.66. The number of ketones is 1. The quantitative estimate of drug-likeness (QED) is 0.280. The van der Waals surface area contributed by atoms with Gasteiger partial charge in [-0.1, -0.05) is 48.5 Å². The molecule has 0 saturated heterocycles. The Balaban J connectivity index is 1.72. The average molecular weight is 537 g/mol. The predicted octanol–water partition coefficient (Wildman–Crippen LogP) is 3.96. The summed E-state index contributed by atoms with van der Waals surface area (Å²) in [6.45, 7) is 4.05. The summed E-state index contributed by atoms with van der Waals surface area (Å²) in [6, 6.07) is 16.4. The van der Waals surface area contributed by atoms with Crippen molar-refractivity contribution in [2.45, 2.75) is 33.2 Å². The molecule has 0 radical (unpaired) electrons. The fourth-order valence-corrected chi connectivity index (χ4v) is 4.77. The molecule has 0 spiro atoms. The molecule has 1 atom stereocenters. The zero-order chi connectivity index (χ0) is 27.7. The SMILES string of the molecule is CCOC(=O)c1c(NC(=O)COC(=O)[C@H](Cc2ccccc2)NC(=O)c2ccccc2)sc(C(C)=O)c1C. The van der Waals surface area contributed by atoms with Crippen molar-refractivity contribution in [3.63, 3.8) is 0 Å². The zero-order valence-electron chi connectivity index (χ0n) is 21.2. The largest absolute Gasteiger partial charge is 0.462 e. The highest BCUT2D eigenvalue weighted by Gasteiger charge is 2.27. The third-order valence-electron chi connectivity index (χ3n) is 5.45. The van der Waals surface area contributed by atoms with Gasteiger partial charge in [0.2, 0.25) is 0 Å². The van der Waals surface area contributed by atoms with Gasteiger partial charge in [0.1, 0.15) is 11.0 Å². The van der Waals surface area contributed by atoms with Crippen molar-refractivity contribution in [1.82, 2.24) is 5.32 Å². The van der Waals surface area contributed by atoms with Gasteiger partial charge in [0, 0.05) is 12.0 Å². The number of Topliss-reactive ketones (excluding diaryl/α,β-unsaturated/α-hetero) is 1. The standard InChI is InChI=1S/C28H28N2O7S/c1-4-36-28(35)23-17(2)24(18(3)31)38-26(23)30-22(32)16-37-27(34)21(15-19-11-7-5-8-12-19)29-25(33)20-13-9-6-10-14-20/h5-14,21H,4,15-16H2,1-3H3,(H,29,33)(H,30,32)/t21-/m0/s1. The minimum atomic E-state index is -1.05. The Morgan fingerprint density at radius 2 is 1.55 bits per heavy atom. The number of benzene rings is 2. The summed E-state index contributed by atoms with van der Waals surface area (Å²) in [7, 11) is 0. The van der Waals surface area contributed by atoms with Gasteiger partial charge in [0.25, 0.3) is 11.8 Å². The Kier molecular flexibility index (Phi) is 9.89. The molecule has 38 heavy (non-hydrogen) atoms. The minimum absolute atomic E-state index is 0.0822. The van der Waals surface area contributed by atoms with Crippen LogP contribution in [0.15, 0.2) is 60.7 Å². The van der Waals surface area contributed by atoms with Crippen LogP contribution < -0.4 is 10.6 Å². The van der Waals surface area contributed by atoms with Crippen LogP contribution in [-0.4, -0.2) is 48.8 Å². The molecule has 198 valence electrons. The van der Waals surface area contributed by atoms with Crippen LogP contribution in [0, 0.1) is 6.92 Å². The van der Waals surface area contributed by atoms with E-state index in [0.29, 0.717) is 16.0 Å². The highest BCUT2D eigenvalue weighted by atomic mass is 32.1. The molecule has 0 aliphatic heterocycles. The molecule has 3 rings (SSSR count). The van der Waals surface area contributed by atoms with Gasteiger partial charge in [0.05, 0.1) is 17.0 Å². The van der Waals surface area contributed by atoms with Crippen molar-refractivity contribution in [3.05, 3.63) is 87.8 Å². The molecular weight excluding hydrogens is 508 g/mol. The van der Waals surface area contributed by atoms with E-state index in [1.807, 2.05) is 30.3 Å². The number of ether oxygens (including phenoxy) is 2. The van der Waals surface area contributed by atoms with Crippen LogP contribution in [0.5, 0.6) is 0 Å². The second-order valence-corrected chi connectivity index (χ2v) is 9.30. The number of anilines is 1. The molecule has 0 aliphatic rings. The lowest BCUT2D eigenvalue weighted by atomic mass is 10.1. The molecule has 2 aromatic carbocycles. The Hall–Kier alpha value is -4.31. The molecule has 3 aromatic rings. The zero-order valence-corrected chi connectivity index (χ0v) is 22.1. The van der Waals surface area contributed by atoms with Gasteiger partial charge in [-0.25, -0.2) is 9.59 Å². The van der Waals surface area contributed by atoms with E-state index in [4.69, 9.17) is 9.47 Å². The lowest BCUT2D eigenvalue weighted by Crippen LogP contribution is -2.44. The van der Waals surface area contributed by atoms with Gasteiger partial charge in [-0.3, -0.25) is 14.4 Å². The minimum Gasteiger partial charge on any atom is -0.462 e. The van der Waals surface area contributed by atoms with Crippen LogP contribution in [0.3, 0.4) is 0 Å². The van der Waals surface area contributed by atoms with E-state index < -0.39 is 36.4 Å². The number of esters is 2. The summed E-state index contributed by atoms with van der Waals surface area (Å²) >= 11 is 0.945. The van der Waals surface area contributed by atoms with Gasteiger partial charge in [0.15, 0.2) is 12.4 Å². The van der Waals surface area contributed by atoms with E-state index in [2.05, 4.69) is 10.6 Å². The summed E-state index contributed by atoms with van der Waals surface area (Å²) in [6.07, 6.45) is 0.152. The van der Waals surface area contributed by atoms with Gasteiger partial charge in [-0.05, 0) is 44.0 Å². The molecule has 0 saturated carbocycles. The molecule has 0 fully saturated rings. The number of thiophene rings is 1. The molecule has 1 aromatic heterocycles. The highest BCUT2D eigenvalue weighted by molar-refractivity contribution is 7.18. The van der Waals surface area contributed by atoms with Crippen LogP contribution in [0.25, 0.3) is 0 Å². The van der Waals surface area contributed by atoms with Crippen molar-refractivity contribution < 1.29 is 33.4 Å². The fraction of sp³-hybridized carbons (Fsp3) is 0.250.